The van der Waals surface area contributed by atoms with Crippen LogP contribution in [0.25, 0.3) is 0 Å². The minimum atomic E-state index is 0.440. The summed E-state index contributed by atoms with van der Waals surface area (Å²) in [7, 11) is 0. The quantitative estimate of drug-likeness (QED) is 0.584. The molecule has 1 aromatic rings. The van der Waals surface area contributed by atoms with Crippen molar-refractivity contribution in [2.45, 2.75) is 51.5 Å². The summed E-state index contributed by atoms with van der Waals surface area (Å²) < 4.78 is 0. The van der Waals surface area contributed by atoms with Crippen LogP contribution in [0.15, 0.2) is 24.3 Å². The molecule has 1 aliphatic carbocycles. The molecule has 1 aromatic carbocycles. The smallest absolute Gasteiger partial charge is 0.0285 e. The van der Waals surface area contributed by atoms with Gasteiger partial charge in [0.1, 0.15) is 0 Å². The number of rotatable bonds is 6. The maximum Gasteiger partial charge on any atom is 0.0285 e. The van der Waals surface area contributed by atoms with Crippen molar-refractivity contribution in [3.8, 4) is 0 Å². The first-order chi connectivity index (χ1) is 8.30. The van der Waals surface area contributed by atoms with Gasteiger partial charge in [0.2, 0.25) is 0 Å². The molecule has 0 bridgehead atoms. The summed E-state index contributed by atoms with van der Waals surface area (Å²) in [6.07, 6.45) is 4.89. The third-order valence-corrected chi connectivity index (χ3v) is 4.34. The number of nitrogens with two attached hydrogens (primary N) is 1. The molecule has 0 saturated carbocycles. The predicted molar refractivity (Wildman–Crippen MR) is 72.7 cm³/mol. The molecule has 2 nitrogen and oxygen atoms in total. The van der Waals surface area contributed by atoms with E-state index in [0.29, 0.717) is 12.0 Å². The van der Waals surface area contributed by atoms with Gasteiger partial charge in [0.15, 0.2) is 0 Å². The van der Waals surface area contributed by atoms with E-state index in [1.807, 2.05) is 0 Å². The van der Waals surface area contributed by atoms with Crippen LogP contribution >= 0.6 is 0 Å². The van der Waals surface area contributed by atoms with Crippen LogP contribution in [-0.2, 0) is 6.42 Å². The van der Waals surface area contributed by atoms with Gasteiger partial charge in [-0.1, -0.05) is 51.0 Å². The summed E-state index contributed by atoms with van der Waals surface area (Å²) in [6.45, 7) is 4.55. The van der Waals surface area contributed by atoms with Crippen LogP contribution in [0.5, 0.6) is 0 Å². The number of hydrogen-bond donors (Lipinski definition) is 2. The van der Waals surface area contributed by atoms with Crippen molar-refractivity contribution in [3.05, 3.63) is 35.4 Å². The summed E-state index contributed by atoms with van der Waals surface area (Å²) in [6, 6.07) is 9.18. The van der Waals surface area contributed by atoms with Crippen LogP contribution in [0, 0.1) is 5.92 Å². The molecule has 0 aromatic heterocycles. The molecule has 0 aliphatic heterocycles. The highest BCUT2D eigenvalue weighted by Gasteiger charge is 2.32. The van der Waals surface area contributed by atoms with Crippen molar-refractivity contribution in [2.75, 3.05) is 0 Å². The van der Waals surface area contributed by atoms with E-state index in [1.165, 1.54) is 36.8 Å². The lowest BCUT2D eigenvalue weighted by Crippen LogP contribution is -2.44. The molecule has 0 radical (unpaired) electrons. The van der Waals surface area contributed by atoms with E-state index in [2.05, 4.69) is 43.5 Å². The minimum Gasteiger partial charge on any atom is -0.271 e. The zero-order valence-corrected chi connectivity index (χ0v) is 10.9. The predicted octanol–water partition coefficient (Wildman–Crippen LogP) is 2.98. The fraction of sp³-hybridized carbons (Fsp3) is 0.600. The minimum absolute atomic E-state index is 0.440. The Kier molecular flexibility index (Phi) is 4.19. The van der Waals surface area contributed by atoms with Gasteiger partial charge in [0, 0.05) is 12.0 Å². The van der Waals surface area contributed by atoms with E-state index >= 15 is 0 Å². The molecule has 0 saturated heterocycles. The fourth-order valence-electron chi connectivity index (χ4n) is 2.99. The average Bonchev–Trinajstić information content (AvgIpc) is 2.35. The van der Waals surface area contributed by atoms with Crippen molar-refractivity contribution in [2.24, 2.45) is 11.8 Å². The van der Waals surface area contributed by atoms with E-state index < -0.39 is 0 Å². The van der Waals surface area contributed by atoms with E-state index in [1.54, 1.807) is 0 Å². The Labute approximate surface area is 105 Å². The Hall–Kier alpha value is -0.860. The van der Waals surface area contributed by atoms with Crippen molar-refractivity contribution >= 4 is 0 Å². The van der Waals surface area contributed by atoms with Crippen molar-refractivity contribution in [1.82, 2.24) is 5.43 Å². The van der Waals surface area contributed by atoms with Gasteiger partial charge in [-0.15, -0.1) is 0 Å². The van der Waals surface area contributed by atoms with Gasteiger partial charge in [0.25, 0.3) is 0 Å². The second-order valence-corrected chi connectivity index (χ2v) is 5.20. The molecule has 3 N–H and O–H groups in total. The van der Waals surface area contributed by atoms with Crippen LogP contribution in [0.3, 0.4) is 0 Å². The van der Waals surface area contributed by atoms with Gasteiger partial charge in [-0.25, -0.2) is 0 Å². The van der Waals surface area contributed by atoms with Gasteiger partial charge in [-0.3, -0.25) is 11.3 Å². The first-order valence-corrected chi connectivity index (χ1v) is 6.84. The standard InChI is InChI=1S/C15H24N2/c1-3-11(4-2)9-15(17-16)14-10-12-7-5-6-8-13(12)14/h5-8,11,14-15,17H,3-4,9-10,16H2,1-2H3. The second kappa shape index (κ2) is 5.65. The van der Waals surface area contributed by atoms with Gasteiger partial charge in [-0.2, -0.15) is 0 Å². The highest BCUT2D eigenvalue weighted by atomic mass is 15.2. The summed E-state index contributed by atoms with van der Waals surface area (Å²) in [4.78, 5) is 0. The Morgan fingerprint density at radius 3 is 2.59 bits per heavy atom. The number of hydrogen-bond acceptors (Lipinski definition) is 2. The molecular weight excluding hydrogens is 208 g/mol. The van der Waals surface area contributed by atoms with Crippen LogP contribution in [0.1, 0.15) is 50.2 Å². The third-order valence-electron chi connectivity index (χ3n) is 4.34. The lowest BCUT2D eigenvalue weighted by atomic mass is 9.71. The largest absolute Gasteiger partial charge is 0.271 e. The van der Waals surface area contributed by atoms with Crippen LogP contribution in [0.4, 0.5) is 0 Å². The molecule has 94 valence electrons. The number of hydrazine groups is 1. The first kappa shape index (κ1) is 12.6. The molecule has 17 heavy (non-hydrogen) atoms. The summed E-state index contributed by atoms with van der Waals surface area (Å²) in [5, 5.41) is 0. The maximum atomic E-state index is 5.75. The Bertz CT molecular complexity index is 358. The monoisotopic (exact) mass is 232 g/mol. The molecule has 0 heterocycles. The second-order valence-electron chi connectivity index (χ2n) is 5.20. The molecule has 1 aliphatic rings. The molecule has 2 unspecified atom stereocenters. The molecular formula is C15H24N2. The first-order valence-electron chi connectivity index (χ1n) is 6.84. The van der Waals surface area contributed by atoms with E-state index in [4.69, 9.17) is 5.84 Å². The van der Waals surface area contributed by atoms with Gasteiger partial charge in [0.05, 0.1) is 0 Å². The van der Waals surface area contributed by atoms with Gasteiger partial charge < -0.3 is 0 Å². The molecule has 2 rings (SSSR count). The number of nitrogens with one attached hydrogen (secondary N) is 1. The molecule has 0 spiro atoms. The molecule has 0 amide bonds. The highest BCUT2D eigenvalue weighted by Crippen LogP contribution is 2.39. The van der Waals surface area contributed by atoms with E-state index in [0.717, 1.165) is 5.92 Å². The van der Waals surface area contributed by atoms with Crippen molar-refractivity contribution in [3.63, 3.8) is 0 Å². The van der Waals surface area contributed by atoms with Crippen molar-refractivity contribution in [1.29, 1.82) is 0 Å². The Morgan fingerprint density at radius 1 is 1.29 bits per heavy atom. The fourth-order valence-corrected chi connectivity index (χ4v) is 2.99. The lowest BCUT2D eigenvalue weighted by Gasteiger charge is -2.37. The molecule has 2 heteroatoms. The molecule has 0 fully saturated rings. The number of benzene rings is 1. The summed E-state index contributed by atoms with van der Waals surface area (Å²) >= 11 is 0. The van der Waals surface area contributed by atoms with Gasteiger partial charge >= 0.3 is 0 Å². The Morgan fingerprint density at radius 2 is 2.00 bits per heavy atom. The van der Waals surface area contributed by atoms with E-state index in [9.17, 15) is 0 Å². The Balaban J connectivity index is 2.02. The topological polar surface area (TPSA) is 38.0 Å². The van der Waals surface area contributed by atoms with Crippen LogP contribution in [0.2, 0.25) is 0 Å². The molecule has 2 atom stereocenters. The van der Waals surface area contributed by atoms with Crippen LogP contribution in [-0.4, -0.2) is 6.04 Å². The average molecular weight is 232 g/mol. The van der Waals surface area contributed by atoms with Gasteiger partial charge in [-0.05, 0) is 29.9 Å². The summed E-state index contributed by atoms with van der Waals surface area (Å²) in [5.41, 5.74) is 6.05. The SMILES string of the molecule is CCC(CC)CC(NN)C1Cc2ccccc21. The van der Waals surface area contributed by atoms with E-state index in [-0.39, 0.29) is 0 Å². The summed E-state index contributed by atoms with van der Waals surface area (Å²) in [5.74, 6) is 7.17. The maximum absolute atomic E-state index is 5.75. The number of fused-ring (bicyclic) bond motifs is 1. The normalized spacial score (nSPS) is 19.9. The van der Waals surface area contributed by atoms with Crippen molar-refractivity contribution < 1.29 is 0 Å². The lowest BCUT2D eigenvalue weighted by molar-refractivity contribution is 0.314. The highest BCUT2D eigenvalue weighted by molar-refractivity contribution is 5.41. The third kappa shape index (κ3) is 2.53. The zero-order valence-electron chi connectivity index (χ0n) is 10.9. The zero-order chi connectivity index (χ0) is 12.3. The van der Waals surface area contributed by atoms with Crippen LogP contribution < -0.4 is 11.3 Å².